The summed E-state index contributed by atoms with van der Waals surface area (Å²) in [6.45, 7) is 5.00. The van der Waals surface area contributed by atoms with Crippen LogP contribution in [0.1, 0.15) is 27.0 Å². The Labute approximate surface area is 257 Å². The topological polar surface area (TPSA) is 128 Å². The van der Waals surface area contributed by atoms with Gasteiger partial charge in [0.15, 0.2) is 11.5 Å². The Morgan fingerprint density at radius 2 is 1.64 bits per heavy atom. The minimum Gasteiger partial charge on any atom is -0.382 e. The molecule has 2 aromatic carbocycles. The molecule has 5 N–H and O–H groups in total. The van der Waals surface area contributed by atoms with E-state index in [-0.39, 0.29) is 17.9 Å². The van der Waals surface area contributed by atoms with Crippen LogP contribution in [0, 0.1) is 0 Å². The minimum atomic E-state index is -4.65. The molecular formula is C32H32F3N9O. The van der Waals surface area contributed by atoms with E-state index in [1.165, 1.54) is 0 Å². The Balaban J connectivity index is 1.14. The van der Waals surface area contributed by atoms with Gasteiger partial charge in [0.2, 0.25) is 0 Å². The smallest absolute Gasteiger partial charge is 0.382 e. The van der Waals surface area contributed by atoms with Gasteiger partial charge in [-0.3, -0.25) is 14.8 Å². The highest BCUT2D eigenvalue weighted by atomic mass is 19.4. The molecule has 1 fully saturated rings. The number of halogens is 3. The number of alkyl halides is 3. The van der Waals surface area contributed by atoms with E-state index >= 15 is 0 Å². The van der Waals surface area contributed by atoms with Crippen molar-refractivity contribution >= 4 is 34.3 Å². The molecule has 1 aliphatic rings. The Hall–Kier alpha value is -5.01. The molecule has 5 aromatic rings. The molecule has 0 bridgehead atoms. The maximum Gasteiger partial charge on any atom is 0.417 e. The molecule has 0 unspecified atom stereocenters. The first kappa shape index (κ1) is 30.0. The molecule has 13 heteroatoms. The van der Waals surface area contributed by atoms with E-state index in [1.54, 1.807) is 18.3 Å². The molecule has 232 valence electrons. The Kier molecular flexibility index (Phi) is 8.37. The lowest BCUT2D eigenvalue weighted by Gasteiger charge is -2.32. The summed E-state index contributed by atoms with van der Waals surface area (Å²) in [4.78, 5) is 26.2. The first-order valence-electron chi connectivity index (χ1n) is 14.4. The number of benzene rings is 2. The zero-order chi connectivity index (χ0) is 31.6. The van der Waals surface area contributed by atoms with Crippen LogP contribution in [0.25, 0.3) is 22.2 Å². The second kappa shape index (κ2) is 12.5. The second-order valence-electron chi connectivity index (χ2n) is 11.1. The van der Waals surface area contributed by atoms with Crippen LogP contribution in [-0.4, -0.2) is 69.1 Å². The largest absolute Gasteiger partial charge is 0.417 e. The van der Waals surface area contributed by atoms with Crippen LogP contribution < -0.4 is 16.4 Å². The average molecular weight is 616 g/mol. The predicted molar refractivity (Wildman–Crippen MR) is 167 cm³/mol. The van der Waals surface area contributed by atoms with E-state index in [9.17, 15) is 18.0 Å². The highest BCUT2D eigenvalue weighted by Crippen LogP contribution is 2.31. The molecule has 0 aliphatic carbocycles. The molecule has 0 radical (unpaired) electrons. The van der Waals surface area contributed by atoms with Gasteiger partial charge < -0.3 is 21.3 Å². The number of nitrogens with one attached hydrogen (secondary N) is 3. The third kappa shape index (κ3) is 7.05. The number of anilines is 3. The lowest BCUT2D eigenvalue weighted by atomic mass is 10.0. The molecule has 1 saturated heterocycles. The number of fused-ring (bicyclic) bond motifs is 1. The van der Waals surface area contributed by atoms with Gasteiger partial charge in [-0.15, -0.1) is 0 Å². The molecule has 1 aliphatic heterocycles. The van der Waals surface area contributed by atoms with Crippen molar-refractivity contribution in [2.24, 2.45) is 0 Å². The molecule has 0 spiro atoms. The van der Waals surface area contributed by atoms with Crippen molar-refractivity contribution in [3.8, 4) is 11.1 Å². The number of piperazine rings is 1. The summed E-state index contributed by atoms with van der Waals surface area (Å²) >= 11 is 0. The van der Waals surface area contributed by atoms with Crippen LogP contribution in [-0.2, 0) is 19.3 Å². The zero-order valence-corrected chi connectivity index (χ0v) is 24.5. The SMILES string of the molecule is CN1CCN(Cc2ccc(NC(=O)c3cc(C(F)(F)F)cnc3NCc3ccc(-c4cnc5[nH]nc(N)c5c4)cc3)cc2)CC1. The fraction of sp³-hybridized carbons (Fsp3) is 0.250. The molecule has 0 atom stereocenters. The van der Waals surface area contributed by atoms with Crippen molar-refractivity contribution in [2.75, 3.05) is 49.6 Å². The molecule has 45 heavy (non-hydrogen) atoms. The summed E-state index contributed by atoms with van der Waals surface area (Å²) in [7, 11) is 2.10. The summed E-state index contributed by atoms with van der Waals surface area (Å²) in [5.74, 6) is -0.289. The summed E-state index contributed by atoms with van der Waals surface area (Å²) in [6.07, 6.45) is -2.22. The third-order valence-corrected chi connectivity index (χ3v) is 7.87. The Bertz CT molecular complexity index is 1800. The maximum atomic E-state index is 13.6. The van der Waals surface area contributed by atoms with E-state index in [4.69, 9.17) is 5.73 Å². The van der Waals surface area contributed by atoms with Crippen LogP contribution in [0.15, 0.2) is 73.1 Å². The number of pyridine rings is 2. The van der Waals surface area contributed by atoms with Crippen LogP contribution in [0.2, 0.25) is 0 Å². The van der Waals surface area contributed by atoms with Gasteiger partial charge in [0, 0.05) is 62.9 Å². The zero-order valence-electron chi connectivity index (χ0n) is 24.5. The van der Waals surface area contributed by atoms with Gasteiger partial charge in [-0.05, 0) is 48.0 Å². The van der Waals surface area contributed by atoms with Gasteiger partial charge >= 0.3 is 6.18 Å². The highest BCUT2D eigenvalue weighted by Gasteiger charge is 2.32. The number of nitrogens with two attached hydrogens (primary N) is 1. The van der Waals surface area contributed by atoms with Crippen LogP contribution >= 0.6 is 0 Å². The standard InChI is InChI=1S/C32H32F3N9O/c1-43-10-12-44(13-11-43)19-21-4-8-25(9-5-21)40-31(45)27-15-24(32(33,34)35)18-39-29(27)37-16-20-2-6-22(7-3-20)23-14-26-28(36)41-42-30(26)38-17-23/h2-9,14-15,17-18H,10-13,16,19H2,1H3,(H,37,39)(H,40,45)(H3,36,38,41,42). The molecular weight excluding hydrogens is 583 g/mol. The number of H-pyrrole nitrogens is 1. The quantitative estimate of drug-likeness (QED) is 0.187. The van der Waals surface area contributed by atoms with Crippen LogP contribution in [0.3, 0.4) is 0 Å². The molecule has 0 saturated carbocycles. The van der Waals surface area contributed by atoms with Crippen molar-refractivity contribution in [1.29, 1.82) is 0 Å². The summed E-state index contributed by atoms with van der Waals surface area (Å²) in [5, 5.41) is 13.2. The fourth-order valence-corrected chi connectivity index (χ4v) is 5.17. The van der Waals surface area contributed by atoms with Crippen molar-refractivity contribution in [3.05, 3.63) is 95.3 Å². The number of rotatable bonds is 8. The van der Waals surface area contributed by atoms with Crippen molar-refractivity contribution in [2.45, 2.75) is 19.3 Å². The summed E-state index contributed by atoms with van der Waals surface area (Å²) in [6, 6.07) is 17.6. The number of aromatic nitrogens is 4. The molecule has 10 nitrogen and oxygen atoms in total. The van der Waals surface area contributed by atoms with E-state index in [2.05, 4.69) is 47.6 Å². The lowest BCUT2D eigenvalue weighted by Crippen LogP contribution is -2.43. The van der Waals surface area contributed by atoms with Crippen molar-refractivity contribution in [3.63, 3.8) is 0 Å². The highest BCUT2D eigenvalue weighted by molar-refractivity contribution is 6.07. The van der Waals surface area contributed by atoms with Crippen LogP contribution in [0.4, 0.5) is 30.5 Å². The van der Waals surface area contributed by atoms with Gasteiger partial charge in [-0.2, -0.15) is 18.3 Å². The van der Waals surface area contributed by atoms with Crippen molar-refractivity contribution in [1.82, 2.24) is 30.0 Å². The number of hydrogen-bond acceptors (Lipinski definition) is 8. The number of likely N-dealkylation sites (N-methyl/N-ethyl adjacent to an activating group) is 1. The average Bonchev–Trinajstić information content (AvgIpc) is 3.41. The second-order valence-corrected chi connectivity index (χ2v) is 11.1. The number of nitrogens with zero attached hydrogens (tertiary/aromatic N) is 5. The number of nitrogen functional groups attached to an aromatic ring is 1. The fourth-order valence-electron chi connectivity index (χ4n) is 5.17. The monoisotopic (exact) mass is 615 g/mol. The predicted octanol–water partition coefficient (Wildman–Crippen LogP) is 5.23. The van der Waals surface area contributed by atoms with E-state index < -0.39 is 17.6 Å². The van der Waals surface area contributed by atoms with Crippen LogP contribution in [0.5, 0.6) is 0 Å². The van der Waals surface area contributed by atoms with Crippen molar-refractivity contribution < 1.29 is 18.0 Å². The summed E-state index contributed by atoms with van der Waals surface area (Å²) < 4.78 is 40.7. The summed E-state index contributed by atoms with van der Waals surface area (Å²) in [5.41, 5.74) is 9.44. The van der Waals surface area contributed by atoms with Gasteiger partial charge in [0.25, 0.3) is 5.91 Å². The van der Waals surface area contributed by atoms with E-state index in [0.29, 0.717) is 17.2 Å². The third-order valence-electron chi connectivity index (χ3n) is 7.87. The van der Waals surface area contributed by atoms with E-state index in [0.717, 1.165) is 72.6 Å². The molecule has 1 amide bonds. The number of aromatic amines is 1. The van der Waals surface area contributed by atoms with E-state index in [1.807, 2.05) is 42.5 Å². The van der Waals surface area contributed by atoms with Gasteiger partial charge in [0.05, 0.1) is 16.5 Å². The number of hydrogen-bond donors (Lipinski definition) is 4. The maximum absolute atomic E-state index is 13.6. The molecule has 6 rings (SSSR count). The lowest BCUT2D eigenvalue weighted by molar-refractivity contribution is -0.137. The molecule has 3 aromatic heterocycles. The number of amides is 1. The Morgan fingerprint density at radius 3 is 2.36 bits per heavy atom. The van der Waals surface area contributed by atoms with Gasteiger partial charge in [-0.1, -0.05) is 36.4 Å². The molecule has 4 heterocycles. The first-order chi connectivity index (χ1) is 21.6. The number of carbonyl (C=O) groups is 1. The van der Waals surface area contributed by atoms with Gasteiger partial charge in [0.1, 0.15) is 5.82 Å². The minimum absolute atomic E-state index is 0.0429. The first-order valence-corrected chi connectivity index (χ1v) is 14.4. The Morgan fingerprint density at radius 1 is 0.933 bits per heavy atom. The number of carbonyl (C=O) groups excluding carboxylic acids is 1. The van der Waals surface area contributed by atoms with Gasteiger partial charge in [-0.25, -0.2) is 9.97 Å². The normalized spacial score (nSPS) is 14.5.